The summed E-state index contributed by atoms with van der Waals surface area (Å²) in [5.74, 6) is -0.391. The molecule has 2 heterocycles. The fourth-order valence-electron chi connectivity index (χ4n) is 5.18. The molecule has 3 amide bonds. The van der Waals surface area contributed by atoms with Crippen molar-refractivity contribution in [1.29, 1.82) is 0 Å². The Hall–Kier alpha value is -3.51. The van der Waals surface area contributed by atoms with Crippen LogP contribution in [0.15, 0.2) is 47.5 Å². The molecule has 5 rings (SSSR count). The Kier molecular flexibility index (Phi) is 7.83. The van der Waals surface area contributed by atoms with Gasteiger partial charge < -0.3 is 10.5 Å². The molecule has 1 saturated heterocycles. The van der Waals surface area contributed by atoms with E-state index in [0.717, 1.165) is 30.7 Å². The fraction of sp³-hybridized carbons (Fsp3) is 0.333. The van der Waals surface area contributed by atoms with Crippen molar-refractivity contribution in [2.45, 2.75) is 44.5 Å². The third-order valence-electron chi connectivity index (χ3n) is 6.99. The van der Waals surface area contributed by atoms with Gasteiger partial charge in [-0.15, -0.1) is 0 Å². The van der Waals surface area contributed by atoms with Crippen molar-refractivity contribution in [2.24, 2.45) is 11.7 Å². The van der Waals surface area contributed by atoms with Gasteiger partial charge in [-0.25, -0.2) is 4.79 Å². The number of benzene rings is 2. The Labute approximate surface area is 236 Å². The Balaban J connectivity index is 1.31. The highest BCUT2D eigenvalue weighted by molar-refractivity contribution is 8.18. The molecule has 2 aromatic carbocycles. The number of nitrogens with two attached hydrogens (primary N) is 1. The van der Waals surface area contributed by atoms with Crippen LogP contribution < -0.4 is 5.73 Å². The number of hydrogen-bond donors (Lipinski definition) is 1. The van der Waals surface area contributed by atoms with Crippen LogP contribution in [0.1, 0.15) is 42.4 Å². The predicted molar refractivity (Wildman–Crippen MR) is 144 cm³/mol. The van der Waals surface area contributed by atoms with Crippen molar-refractivity contribution < 1.29 is 32.3 Å². The summed E-state index contributed by atoms with van der Waals surface area (Å²) in [5, 5.41) is 4.55. The standard InChI is InChI=1S/C27H24ClF3N4O4S/c28-19-6-5-17(21(11-19)27(29,30)31)14-35-22-7-4-15(8-18(22)12-33-35)10-23-24(36)34(26(38)40-23)13-16-2-1-3-20(9-16)39-25(32)37/h4-8,10-12,16,20H,1-3,9,13-14H2,(H2,32,37)/t16-,20-/m0/s1. The summed E-state index contributed by atoms with van der Waals surface area (Å²) in [6, 6.07) is 8.82. The van der Waals surface area contributed by atoms with Crippen LogP contribution in [-0.4, -0.2) is 44.6 Å². The molecule has 40 heavy (non-hydrogen) atoms. The normalized spacial score (nSPS) is 21.0. The number of fused-ring (bicyclic) bond motifs is 1. The molecule has 0 radical (unpaired) electrons. The lowest BCUT2D eigenvalue weighted by atomic mass is 9.87. The highest BCUT2D eigenvalue weighted by Gasteiger charge is 2.38. The van der Waals surface area contributed by atoms with Gasteiger partial charge in [0.25, 0.3) is 11.1 Å². The first-order valence-corrected chi connectivity index (χ1v) is 13.7. The number of rotatable bonds is 6. The molecular weight excluding hydrogens is 569 g/mol. The molecule has 2 fully saturated rings. The first-order chi connectivity index (χ1) is 19.0. The van der Waals surface area contributed by atoms with E-state index in [4.69, 9.17) is 22.1 Å². The van der Waals surface area contributed by atoms with Gasteiger partial charge in [0.2, 0.25) is 0 Å². The molecule has 0 spiro atoms. The molecule has 0 bridgehead atoms. The zero-order valence-corrected chi connectivity index (χ0v) is 22.6. The summed E-state index contributed by atoms with van der Waals surface area (Å²) in [5.41, 5.74) is 5.59. The maximum Gasteiger partial charge on any atom is 0.416 e. The highest BCUT2D eigenvalue weighted by Crippen LogP contribution is 2.37. The third-order valence-corrected chi connectivity index (χ3v) is 8.14. The van der Waals surface area contributed by atoms with Gasteiger partial charge in [-0.3, -0.25) is 19.2 Å². The average molecular weight is 593 g/mol. The van der Waals surface area contributed by atoms with Crippen molar-refractivity contribution in [3.8, 4) is 0 Å². The number of imide groups is 1. The Morgan fingerprint density at radius 2 is 2.00 bits per heavy atom. The summed E-state index contributed by atoms with van der Waals surface area (Å²) in [7, 11) is 0. The summed E-state index contributed by atoms with van der Waals surface area (Å²) < 4.78 is 47.1. The summed E-state index contributed by atoms with van der Waals surface area (Å²) in [4.78, 5) is 38.3. The Morgan fingerprint density at radius 3 is 2.75 bits per heavy atom. The SMILES string of the molecule is NC(=O)O[C@H]1CCC[C@H](CN2C(=O)SC(=Cc3ccc4c(cnn4Cc4ccc(Cl)cc4C(F)(F)F)c3)C2=O)C1. The monoisotopic (exact) mass is 592 g/mol. The van der Waals surface area contributed by atoms with E-state index in [2.05, 4.69) is 5.10 Å². The average Bonchev–Trinajstić information content (AvgIpc) is 3.39. The number of carbonyl (C=O) groups excluding carboxylic acids is 3. The number of aromatic nitrogens is 2. The van der Waals surface area contributed by atoms with Crippen LogP contribution in [-0.2, 0) is 22.3 Å². The number of nitrogens with zero attached hydrogens (tertiary/aromatic N) is 3. The molecule has 0 unspecified atom stereocenters. The van der Waals surface area contributed by atoms with E-state index >= 15 is 0 Å². The third kappa shape index (κ3) is 6.12. The Morgan fingerprint density at radius 1 is 1.20 bits per heavy atom. The van der Waals surface area contributed by atoms with E-state index in [9.17, 15) is 27.6 Å². The lowest BCUT2D eigenvalue weighted by Gasteiger charge is -2.30. The summed E-state index contributed by atoms with van der Waals surface area (Å²) in [6.07, 6.45) is 0.275. The quantitative estimate of drug-likeness (QED) is 0.330. The van der Waals surface area contributed by atoms with Crippen LogP contribution in [0, 0.1) is 5.92 Å². The van der Waals surface area contributed by atoms with Crippen LogP contribution in [0.4, 0.5) is 22.8 Å². The van der Waals surface area contributed by atoms with E-state index in [0.29, 0.717) is 29.3 Å². The van der Waals surface area contributed by atoms with Gasteiger partial charge in [0, 0.05) is 17.0 Å². The van der Waals surface area contributed by atoms with Crippen molar-refractivity contribution in [2.75, 3.05) is 6.54 Å². The van der Waals surface area contributed by atoms with Crippen LogP contribution in [0.25, 0.3) is 17.0 Å². The number of ether oxygens (including phenoxy) is 1. The molecular formula is C27H24ClF3N4O4S. The van der Waals surface area contributed by atoms with Gasteiger partial charge in [0.05, 0.1) is 28.7 Å². The van der Waals surface area contributed by atoms with E-state index in [1.807, 2.05) is 0 Å². The molecule has 210 valence electrons. The molecule has 2 aliphatic rings. The van der Waals surface area contributed by atoms with Crippen molar-refractivity contribution in [1.82, 2.24) is 14.7 Å². The molecule has 1 aromatic heterocycles. The molecule has 2 atom stereocenters. The number of halogens is 4. The van der Waals surface area contributed by atoms with Crippen LogP contribution in [0.3, 0.4) is 0 Å². The maximum atomic E-state index is 13.5. The topological polar surface area (TPSA) is 108 Å². The number of alkyl halides is 3. The van der Waals surface area contributed by atoms with Gasteiger partial charge in [-0.1, -0.05) is 23.7 Å². The van der Waals surface area contributed by atoms with Crippen molar-refractivity contribution >= 4 is 57.6 Å². The van der Waals surface area contributed by atoms with Gasteiger partial charge in [0.1, 0.15) is 6.10 Å². The van der Waals surface area contributed by atoms with Crippen LogP contribution >= 0.6 is 23.4 Å². The highest BCUT2D eigenvalue weighted by atomic mass is 35.5. The minimum absolute atomic E-state index is 0.00418. The van der Waals surface area contributed by atoms with Crippen LogP contribution in [0.2, 0.25) is 5.02 Å². The van der Waals surface area contributed by atoms with Crippen molar-refractivity contribution in [3.05, 3.63) is 69.2 Å². The second-order valence-electron chi connectivity index (χ2n) is 9.80. The summed E-state index contributed by atoms with van der Waals surface area (Å²) >= 11 is 6.64. The molecule has 1 saturated carbocycles. The minimum atomic E-state index is -4.56. The van der Waals surface area contributed by atoms with Crippen molar-refractivity contribution in [3.63, 3.8) is 0 Å². The molecule has 3 aromatic rings. The largest absolute Gasteiger partial charge is 0.446 e. The lowest BCUT2D eigenvalue weighted by Crippen LogP contribution is -2.37. The lowest BCUT2D eigenvalue weighted by molar-refractivity contribution is -0.138. The minimum Gasteiger partial charge on any atom is -0.446 e. The first kappa shape index (κ1) is 28.0. The zero-order valence-electron chi connectivity index (χ0n) is 21.0. The van der Waals surface area contributed by atoms with Crippen LogP contribution in [0.5, 0.6) is 0 Å². The first-order valence-electron chi connectivity index (χ1n) is 12.5. The maximum absolute atomic E-state index is 13.5. The molecule has 1 aliphatic heterocycles. The molecule has 8 nitrogen and oxygen atoms in total. The number of carbonyl (C=O) groups is 3. The van der Waals surface area contributed by atoms with E-state index < -0.39 is 23.7 Å². The predicted octanol–water partition coefficient (Wildman–Crippen LogP) is 6.45. The van der Waals surface area contributed by atoms with Gasteiger partial charge in [0.15, 0.2) is 0 Å². The number of hydrogen-bond acceptors (Lipinski definition) is 6. The zero-order chi connectivity index (χ0) is 28.6. The molecule has 1 aliphatic carbocycles. The van der Waals surface area contributed by atoms with E-state index in [1.54, 1.807) is 24.3 Å². The van der Waals surface area contributed by atoms with E-state index in [1.165, 1.54) is 27.9 Å². The smallest absolute Gasteiger partial charge is 0.416 e. The number of thioether (sulfide) groups is 1. The fourth-order valence-corrected chi connectivity index (χ4v) is 6.20. The Bertz CT molecular complexity index is 1520. The van der Waals surface area contributed by atoms with Gasteiger partial charge in [-0.05, 0) is 84.8 Å². The molecule has 2 N–H and O–H groups in total. The molecule has 13 heteroatoms. The summed E-state index contributed by atoms with van der Waals surface area (Å²) in [6.45, 7) is 0.122. The second kappa shape index (κ2) is 11.2. The van der Waals surface area contributed by atoms with Gasteiger partial charge in [-0.2, -0.15) is 18.3 Å². The number of primary amides is 1. The second-order valence-corrected chi connectivity index (χ2v) is 11.2. The van der Waals surface area contributed by atoms with Gasteiger partial charge >= 0.3 is 12.3 Å². The number of amides is 3. The van der Waals surface area contributed by atoms with E-state index in [-0.39, 0.29) is 45.8 Å².